The molecule has 0 aliphatic heterocycles. The average Bonchev–Trinajstić information content (AvgIpc) is 3.23. The van der Waals surface area contributed by atoms with E-state index in [9.17, 15) is 9.59 Å². The van der Waals surface area contributed by atoms with E-state index < -0.39 is 5.97 Å². The van der Waals surface area contributed by atoms with E-state index in [4.69, 9.17) is 4.74 Å². The van der Waals surface area contributed by atoms with Crippen LogP contribution in [-0.2, 0) is 22.4 Å². The Bertz CT molecular complexity index is 811. The van der Waals surface area contributed by atoms with Gasteiger partial charge in [-0.05, 0) is 44.2 Å². The summed E-state index contributed by atoms with van der Waals surface area (Å²) in [6.45, 7) is 4.32. The molecular formula is C20H25N3O3. The van der Waals surface area contributed by atoms with Gasteiger partial charge in [0.2, 0.25) is 0 Å². The predicted molar refractivity (Wildman–Crippen MR) is 98.5 cm³/mol. The molecule has 2 aromatic rings. The second kappa shape index (κ2) is 8.17. The van der Waals surface area contributed by atoms with Crippen LogP contribution >= 0.6 is 0 Å². The van der Waals surface area contributed by atoms with Crippen molar-refractivity contribution in [1.82, 2.24) is 15.1 Å². The summed E-state index contributed by atoms with van der Waals surface area (Å²) < 4.78 is 6.95. The molecule has 6 heteroatoms. The van der Waals surface area contributed by atoms with Crippen LogP contribution in [0.3, 0.4) is 0 Å². The second-order valence-electron chi connectivity index (χ2n) is 6.58. The van der Waals surface area contributed by atoms with Crippen LogP contribution in [0.5, 0.6) is 0 Å². The summed E-state index contributed by atoms with van der Waals surface area (Å²) in [4.78, 5) is 24.3. The molecule has 0 spiro atoms. The molecule has 0 saturated heterocycles. The molecule has 138 valence electrons. The van der Waals surface area contributed by atoms with Crippen LogP contribution in [0.4, 0.5) is 0 Å². The van der Waals surface area contributed by atoms with Gasteiger partial charge in [-0.3, -0.25) is 9.59 Å². The maximum Gasteiger partial charge on any atom is 0.325 e. The smallest absolute Gasteiger partial charge is 0.325 e. The van der Waals surface area contributed by atoms with E-state index in [-0.39, 0.29) is 12.5 Å². The molecule has 1 aliphatic carbocycles. The Morgan fingerprint density at radius 1 is 1.27 bits per heavy atom. The van der Waals surface area contributed by atoms with Crippen LogP contribution in [0, 0.1) is 6.92 Å². The number of esters is 1. The van der Waals surface area contributed by atoms with Crippen molar-refractivity contribution in [2.24, 2.45) is 0 Å². The van der Waals surface area contributed by atoms with Gasteiger partial charge in [0, 0.05) is 11.3 Å². The van der Waals surface area contributed by atoms with Gasteiger partial charge >= 0.3 is 5.97 Å². The van der Waals surface area contributed by atoms with Crippen LogP contribution < -0.4 is 5.32 Å². The number of benzene rings is 1. The van der Waals surface area contributed by atoms with Gasteiger partial charge in [0.05, 0.1) is 12.3 Å². The minimum absolute atomic E-state index is 0.130. The summed E-state index contributed by atoms with van der Waals surface area (Å²) in [5.74, 6) is -0.732. The number of hydrogen-bond donors (Lipinski definition) is 1. The number of unbranched alkanes of at least 4 members (excludes halogenated alkanes) is 1. The number of hydrogen-bond acceptors (Lipinski definition) is 4. The molecule has 0 fully saturated rings. The normalized spacial score (nSPS) is 12.7. The van der Waals surface area contributed by atoms with Gasteiger partial charge in [-0.1, -0.05) is 31.5 Å². The number of ether oxygens (including phenoxy) is 1. The Kier molecular flexibility index (Phi) is 5.71. The van der Waals surface area contributed by atoms with Gasteiger partial charge in [0.15, 0.2) is 5.69 Å². The molecular weight excluding hydrogens is 330 g/mol. The highest BCUT2D eigenvalue weighted by Gasteiger charge is 2.27. The maximum absolute atomic E-state index is 12.6. The molecule has 1 heterocycles. The Hall–Kier alpha value is -2.63. The summed E-state index contributed by atoms with van der Waals surface area (Å²) in [6, 6.07) is 8.00. The zero-order chi connectivity index (χ0) is 18.5. The highest BCUT2D eigenvalue weighted by Crippen LogP contribution is 2.28. The summed E-state index contributed by atoms with van der Waals surface area (Å²) in [6.07, 6.45) is 4.54. The van der Waals surface area contributed by atoms with Gasteiger partial charge < -0.3 is 10.1 Å². The minimum atomic E-state index is -0.415. The quantitative estimate of drug-likeness (QED) is 0.612. The molecule has 1 aliphatic rings. The standard InChI is InChI=1S/C20H25N3O3/c1-3-4-12-26-18(24)13-21-20(25)19-15-9-7-11-17(15)23(22-19)16-10-6-5-8-14(16)2/h5-6,8,10H,3-4,7,9,11-13H2,1-2H3,(H,21,25). The Morgan fingerprint density at radius 3 is 2.85 bits per heavy atom. The molecule has 26 heavy (non-hydrogen) atoms. The zero-order valence-corrected chi connectivity index (χ0v) is 15.4. The lowest BCUT2D eigenvalue weighted by Crippen LogP contribution is -2.31. The summed E-state index contributed by atoms with van der Waals surface area (Å²) in [7, 11) is 0. The van der Waals surface area contributed by atoms with Crippen molar-refractivity contribution >= 4 is 11.9 Å². The number of aryl methyl sites for hydroxylation is 1. The summed E-state index contributed by atoms with van der Waals surface area (Å²) in [5.41, 5.74) is 4.60. The zero-order valence-electron chi connectivity index (χ0n) is 15.4. The topological polar surface area (TPSA) is 73.2 Å². The lowest BCUT2D eigenvalue weighted by atomic mass is 10.2. The van der Waals surface area contributed by atoms with E-state index >= 15 is 0 Å². The lowest BCUT2D eigenvalue weighted by Gasteiger charge is -2.08. The fourth-order valence-corrected chi connectivity index (χ4v) is 3.24. The van der Waals surface area contributed by atoms with E-state index in [1.165, 1.54) is 0 Å². The van der Waals surface area contributed by atoms with E-state index in [1.807, 2.05) is 42.8 Å². The van der Waals surface area contributed by atoms with E-state index in [1.54, 1.807) is 0 Å². The minimum Gasteiger partial charge on any atom is -0.464 e. The fraction of sp³-hybridized carbons (Fsp3) is 0.450. The molecule has 1 amide bonds. The number of rotatable bonds is 7. The number of carbonyl (C=O) groups excluding carboxylic acids is 2. The van der Waals surface area contributed by atoms with E-state index in [0.717, 1.165) is 54.6 Å². The monoisotopic (exact) mass is 355 g/mol. The molecule has 3 rings (SSSR count). The fourth-order valence-electron chi connectivity index (χ4n) is 3.24. The first-order valence-electron chi connectivity index (χ1n) is 9.22. The number of carbonyl (C=O) groups is 2. The molecule has 6 nitrogen and oxygen atoms in total. The predicted octanol–water partition coefficient (Wildman–Crippen LogP) is 2.74. The van der Waals surface area contributed by atoms with Crippen LogP contribution in [0.2, 0.25) is 0 Å². The largest absolute Gasteiger partial charge is 0.464 e. The van der Waals surface area contributed by atoms with Crippen molar-refractivity contribution in [3.63, 3.8) is 0 Å². The third-order valence-electron chi connectivity index (χ3n) is 4.64. The van der Waals surface area contributed by atoms with Crippen LogP contribution in [0.1, 0.15) is 53.5 Å². The van der Waals surface area contributed by atoms with Crippen molar-refractivity contribution in [2.75, 3.05) is 13.2 Å². The molecule has 0 bridgehead atoms. The molecule has 0 radical (unpaired) electrons. The Morgan fingerprint density at radius 2 is 2.08 bits per heavy atom. The molecule has 1 aromatic heterocycles. The summed E-state index contributed by atoms with van der Waals surface area (Å²) in [5, 5.41) is 7.21. The third-order valence-corrected chi connectivity index (χ3v) is 4.64. The molecule has 1 N–H and O–H groups in total. The number of aromatic nitrogens is 2. The molecule has 0 unspecified atom stereocenters. The first-order valence-corrected chi connectivity index (χ1v) is 9.22. The second-order valence-corrected chi connectivity index (χ2v) is 6.58. The van der Waals surface area contributed by atoms with E-state index in [2.05, 4.69) is 10.4 Å². The van der Waals surface area contributed by atoms with Crippen LogP contribution in [0.25, 0.3) is 5.69 Å². The summed E-state index contributed by atoms with van der Waals surface area (Å²) >= 11 is 0. The highest BCUT2D eigenvalue weighted by molar-refractivity contribution is 5.96. The van der Waals surface area contributed by atoms with Gasteiger partial charge in [-0.2, -0.15) is 5.10 Å². The SMILES string of the molecule is CCCCOC(=O)CNC(=O)c1nn(-c2ccccc2C)c2c1CCC2. The van der Waals surface area contributed by atoms with Crippen LogP contribution in [-0.4, -0.2) is 34.8 Å². The maximum atomic E-state index is 12.6. The van der Waals surface area contributed by atoms with E-state index in [0.29, 0.717) is 12.3 Å². The van der Waals surface area contributed by atoms with Gasteiger partial charge in [0.1, 0.15) is 6.54 Å². The van der Waals surface area contributed by atoms with Crippen molar-refractivity contribution in [2.45, 2.75) is 46.0 Å². The number of para-hydroxylation sites is 1. The molecule has 0 saturated carbocycles. The highest BCUT2D eigenvalue weighted by atomic mass is 16.5. The number of nitrogens with one attached hydrogen (secondary N) is 1. The average molecular weight is 355 g/mol. The Labute approximate surface area is 153 Å². The number of fused-ring (bicyclic) bond motifs is 1. The number of amides is 1. The van der Waals surface area contributed by atoms with Gasteiger partial charge in [-0.15, -0.1) is 0 Å². The van der Waals surface area contributed by atoms with Gasteiger partial charge in [-0.25, -0.2) is 4.68 Å². The first kappa shape index (κ1) is 18.2. The van der Waals surface area contributed by atoms with Crippen molar-refractivity contribution in [1.29, 1.82) is 0 Å². The van der Waals surface area contributed by atoms with Gasteiger partial charge in [0.25, 0.3) is 5.91 Å². The Balaban J connectivity index is 1.75. The van der Waals surface area contributed by atoms with Crippen molar-refractivity contribution < 1.29 is 14.3 Å². The first-order chi connectivity index (χ1) is 12.6. The number of nitrogens with zero attached hydrogens (tertiary/aromatic N) is 2. The van der Waals surface area contributed by atoms with Crippen molar-refractivity contribution in [3.05, 3.63) is 46.8 Å². The lowest BCUT2D eigenvalue weighted by molar-refractivity contribution is -0.142. The molecule has 0 atom stereocenters. The third kappa shape index (κ3) is 3.79. The van der Waals surface area contributed by atoms with Crippen LogP contribution in [0.15, 0.2) is 24.3 Å². The molecule has 1 aromatic carbocycles. The van der Waals surface area contributed by atoms with Crippen molar-refractivity contribution in [3.8, 4) is 5.69 Å².